The summed E-state index contributed by atoms with van der Waals surface area (Å²) < 4.78 is 5.43. The average molecular weight is 318 g/mol. The number of methoxy groups -OCH3 is 1. The Morgan fingerprint density at radius 2 is 1.96 bits per heavy atom. The number of carbonyl (C=O) groups is 1. The van der Waals surface area contributed by atoms with Crippen molar-refractivity contribution in [2.75, 3.05) is 39.8 Å². The smallest absolute Gasteiger partial charge is 0.170 e. The van der Waals surface area contributed by atoms with Gasteiger partial charge in [0.1, 0.15) is 5.75 Å². The topological polar surface area (TPSA) is 41.6 Å². The fourth-order valence-electron chi connectivity index (χ4n) is 3.00. The molecule has 128 valence electrons. The SMILES string of the molecule is COc1ccc(C(C)(C)C)cc1C(=O)C(C)CN1CCNCC1. The highest BCUT2D eigenvalue weighted by Crippen LogP contribution is 2.29. The molecule has 0 saturated carbocycles. The zero-order chi connectivity index (χ0) is 17.0. The van der Waals surface area contributed by atoms with E-state index in [-0.39, 0.29) is 17.1 Å². The van der Waals surface area contributed by atoms with E-state index in [0.717, 1.165) is 38.3 Å². The predicted molar refractivity (Wildman–Crippen MR) is 94.5 cm³/mol. The summed E-state index contributed by atoms with van der Waals surface area (Å²) in [6.45, 7) is 13.3. The van der Waals surface area contributed by atoms with E-state index in [9.17, 15) is 4.79 Å². The molecular weight excluding hydrogens is 288 g/mol. The molecule has 1 aromatic carbocycles. The van der Waals surface area contributed by atoms with Crippen LogP contribution in [0.15, 0.2) is 18.2 Å². The minimum absolute atomic E-state index is 0.0169. The van der Waals surface area contributed by atoms with Gasteiger partial charge in [0.05, 0.1) is 12.7 Å². The van der Waals surface area contributed by atoms with Crippen LogP contribution in [-0.2, 0) is 5.41 Å². The molecule has 0 aliphatic carbocycles. The minimum atomic E-state index is -0.0304. The summed E-state index contributed by atoms with van der Waals surface area (Å²) in [5.41, 5.74) is 1.89. The van der Waals surface area contributed by atoms with E-state index < -0.39 is 0 Å². The number of benzene rings is 1. The van der Waals surface area contributed by atoms with Crippen LogP contribution in [-0.4, -0.2) is 50.5 Å². The van der Waals surface area contributed by atoms with Crippen molar-refractivity contribution in [1.82, 2.24) is 10.2 Å². The number of ether oxygens (including phenoxy) is 1. The zero-order valence-corrected chi connectivity index (χ0v) is 15.1. The number of carbonyl (C=O) groups excluding carboxylic acids is 1. The molecule has 2 rings (SSSR count). The van der Waals surface area contributed by atoms with Gasteiger partial charge in [0.25, 0.3) is 0 Å². The monoisotopic (exact) mass is 318 g/mol. The van der Waals surface area contributed by atoms with Crippen molar-refractivity contribution in [3.63, 3.8) is 0 Å². The number of rotatable bonds is 5. The Balaban J connectivity index is 2.19. The van der Waals surface area contributed by atoms with Crippen molar-refractivity contribution < 1.29 is 9.53 Å². The highest BCUT2D eigenvalue weighted by Gasteiger charge is 2.24. The third kappa shape index (κ3) is 4.55. The molecule has 1 unspecified atom stereocenters. The molecule has 0 amide bonds. The fourth-order valence-corrected chi connectivity index (χ4v) is 3.00. The van der Waals surface area contributed by atoms with Gasteiger partial charge in [0.2, 0.25) is 0 Å². The second kappa shape index (κ2) is 7.45. The molecule has 1 aromatic rings. The number of Topliss-reactive ketones (excluding diaryl/α,β-unsaturated/α-hetero) is 1. The van der Waals surface area contributed by atoms with Gasteiger partial charge in [-0.25, -0.2) is 0 Å². The second-order valence-corrected chi connectivity index (χ2v) is 7.48. The average Bonchev–Trinajstić information content (AvgIpc) is 2.53. The Kier molecular flexibility index (Phi) is 5.82. The largest absolute Gasteiger partial charge is 0.496 e. The Hall–Kier alpha value is -1.39. The van der Waals surface area contributed by atoms with Crippen LogP contribution < -0.4 is 10.1 Å². The first-order valence-corrected chi connectivity index (χ1v) is 8.48. The summed E-state index contributed by atoms with van der Waals surface area (Å²) in [7, 11) is 1.63. The van der Waals surface area contributed by atoms with Crippen LogP contribution in [0.4, 0.5) is 0 Å². The third-order valence-corrected chi connectivity index (χ3v) is 4.52. The van der Waals surface area contributed by atoms with Crippen LogP contribution in [0.5, 0.6) is 5.75 Å². The molecule has 1 aliphatic heterocycles. The summed E-state index contributed by atoms with van der Waals surface area (Å²) in [4.78, 5) is 15.3. The number of hydrogen-bond acceptors (Lipinski definition) is 4. The molecule has 1 heterocycles. The van der Waals surface area contributed by atoms with Crippen molar-refractivity contribution in [2.45, 2.75) is 33.1 Å². The highest BCUT2D eigenvalue weighted by molar-refractivity contribution is 6.00. The maximum absolute atomic E-state index is 13.0. The van der Waals surface area contributed by atoms with Gasteiger partial charge in [0, 0.05) is 38.6 Å². The first-order valence-electron chi connectivity index (χ1n) is 8.48. The van der Waals surface area contributed by atoms with Gasteiger partial charge in [-0.15, -0.1) is 0 Å². The molecule has 4 heteroatoms. The molecule has 4 nitrogen and oxygen atoms in total. The number of hydrogen-bond donors (Lipinski definition) is 1. The van der Waals surface area contributed by atoms with Gasteiger partial charge in [-0.1, -0.05) is 33.8 Å². The van der Waals surface area contributed by atoms with Crippen LogP contribution in [0.25, 0.3) is 0 Å². The van der Waals surface area contributed by atoms with Gasteiger partial charge in [-0.05, 0) is 23.1 Å². The van der Waals surface area contributed by atoms with E-state index in [1.54, 1.807) is 7.11 Å². The Morgan fingerprint density at radius 1 is 1.30 bits per heavy atom. The number of ketones is 1. The van der Waals surface area contributed by atoms with Crippen LogP contribution in [0.2, 0.25) is 0 Å². The van der Waals surface area contributed by atoms with Crippen LogP contribution in [0.3, 0.4) is 0 Å². The standard InChI is InChI=1S/C19H30N2O2/c1-14(13-21-10-8-20-9-11-21)18(22)16-12-15(19(2,3)4)6-7-17(16)23-5/h6-7,12,14,20H,8-11,13H2,1-5H3. The highest BCUT2D eigenvalue weighted by atomic mass is 16.5. The van der Waals surface area contributed by atoms with Gasteiger partial charge in [-0.3, -0.25) is 4.79 Å². The van der Waals surface area contributed by atoms with E-state index in [1.165, 1.54) is 0 Å². The van der Waals surface area contributed by atoms with Crippen molar-refractivity contribution in [2.24, 2.45) is 5.92 Å². The Labute approximate surface area is 140 Å². The fraction of sp³-hybridized carbons (Fsp3) is 0.632. The number of nitrogens with zero attached hydrogens (tertiary/aromatic N) is 1. The Morgan fingerprint density at radius 3 is 2.52 bits per heavy atom. The lowest BCUT2D eigenvalue weighted by Gasteiger charge is -2.29. The Bertz CT molecular complexity index is 543. The molecule has 1 fully saturated rings. The normalized spacial score (nSPS) is 17.8. The van der Waals surface area contributed by atoms with Crippen molar-refractivity contribution in [3.8, 4) is 5.75 Å². The van der Waals surface area contributed by atoms with Gasteiger partial charge in [-0.2, -0.15) is 0 Å². The molecule has 1 N–H and O–H groups in total. The number of nitrogens with one attached hydrogen (secondary N) is 1. The summed E-state index contributed by atoms with van der Waals surface area (Å²) in [5, 5.41) is 3.34. The minimum Gasteiger partial charge on any atom is -0.496 e. The predicted octanol–water partition coefficient (Wildman–Crippen LogP) is 2.72. The van der Waals surface area contributed by atoms with E-state index in [4.69, 9.17) is 4.74 Å². The van der Waals surface area contributed by atoms with Gasteiger partial charge in [0.15, 0.2) is 5.78 Å². The lowest BCUT2D eigenvalue weighted by atomic mass is 9.84. The molecule has 23 heavy (non-hydrogen) atoms. The van der Waals surface area contributed by atoms with E-state index in [2.05, 4.69) is 37.1 Å². The van der Waals surface area contributed by atoms with Gasteiger partial charge < -0.3 is 15.0 Å². The van der Waals surface area contributed by atoms with Crippen LogP contribution >= 0.6 is 0 Å². The first-order chi connectivity index (χ1) is 10.8. The summed E-state index contributed by atoms with van der Waals surface area (Å²) in [6, 6.07) is 5.98. The molecule has 0 aromatic heterocycles. The first kappa shape index (κ1) is 18.0. The summed E-state index contributed by atoms with van der Waals surface area (Å²) >= 11 is 0. The van der Waals surface area contributed by atoms with Crippen LogP contribution in [0, 0.1) is 5.92 Å². The van der Waals surface area contributed by atoms with Crippen molar-refractivity contribution >= 4 is 5.78 Å². The van der Waals surface area contributed by atoms with Crippen LogP contribution in [0.1, 0.15) is 43.6 Å². The van der Waals surface area contributed by atoms with Crippen molar-refractivity contribution in [3.05, 3.63) is 29.3 Å². The second-order valence-electron chi connectivity index (χ2n) is 7.48. The molecule has 0 spiro atoms. The van der Waals surface area contributed by atoms with Crippen molar-refractivity contribution in [1.29, 1.82) is 0 Å². The molecule has 0 radical (unpaired) electrons. The quantitative estimate of drug-likeness (QED) is 0.848. The van der Waals surface area contributed by atoms with E-state index >= 15 is 0 Å². The maximum atomic E-state index is 13.0. The van der Waals surface area contributed by atoms with E-state index in [0.29, 0.717) is 11.3 Å². The summed E-state index contributed by atoms with van der Waals surface area (Å²) in [6.07, 6.45) is 0. The molecule has 0 bridgehead atoms. The summed E-state index contributed by atoms with van der Waals surface area (Å²) in [5.74, 6) is 0.818. The lowest BCUT2D eigenvalue weighted by Crippen LogP contribution is -2.45. The maximum Gasteiger partial charge on any atom is 0.170 e. The zero-order valence-electron chi connectivity index (χ0n) is 15.1. The van der Waals surface area contributed by atoms with E-state index in [1.807, 2.05) is 19.1 Å². The number of piperazine rings is 1. The van der Waals surface area contributed by atoms with Gasteiger partial charge >= 0.3 is 0 Å². The third-order valence-electron chi connectivity index (χ3n) is 4.52. The molecular formula is C19H30N2O2. The lowest BCUT2D eigenvalue weighted by molar-refractivity contribution is 0.0884. The molecule has 1 atom stereocenters. The molecule has 1 saturated heterocycles. The molecule has 1 aliphatic rings.